The van der Waals surface area contributed by atoms with Crippen molar-refractivity contribution >= 4 is 12.6 Å². The molecule has 0 amide bonds. The van der Waals surface area contributed by atoms with Crippen LogP contribution in [0.3, 0.4) is 0 Å². The van der Waals surface area contributed by atoms with Gasteiger partial charge in [0.2, 0.25) is 0 Å². The minimum Gasteiger partial charge on any atom is -0.395 e. The lowest BCUT2D eigenvalue weighted by Crippen LogP contribution is -2.34. The molecule has 4 heteroatoms. The molecular formula is C8H19NO2S. The summed E-state index contributed by atoms with van der Waals surface area (Å²) in [6.45, 7) is 4.45. The maximum absolute atomic E-state index is 8.81. The Labute approximate surface area is 80.1 Å². The molecule has 0 heterocycles. The Balaban J connectivity index is 3.24. The smallest absolute Gasteiger partial charge is 0.0593 e. The number of hydrogen-bond donors (Lipinski definition) is 2. The van der Waals surface area contributed by atoms with E-state index in [0.717, 1.165) is 12.3 Å². The topological polar surface area (TPSA) is 32.7 Å². The number of aliphatic hydroxyl groups excluding tert-OH is 1. The van der Waals surface area contributed by atoms with E-state index in [4.69, 9.17) is 9.84 Å². The van der Waals surface area contributed by atoms with Gasteiger partial charge in [-0.2, -0.15) is 12.6 Å². The Hall–Kier alpha value is 0.230. The standard InChI is InChI=1S/C8H19NO2S/c1-8(7-10)9(2)3-4-11-5-6-12/h8,10,12H,3-7H2,1-2H3. The van der Waals surface area contributed by atoms with E-state index in [1.807, 2.05) is 14.0 Å². The predicted molar refractivity (Wildman–Crippen MR) is 53.8 cm³/mol. The molecule has 0 aliphatic heterocycles. The highest BCUT2D eigenvalue weighted by Gasteiger charge is 2.05. The van der Waals surface area contributed by atoms with Crippen molar-refractivity contribution in [2.24, 2.45) is 0 Å². The first-order chi connectivity index (χ1) is 5.72. The second-order valence-corrected chi connectivity index (χ2v) is 3.30. The third-order valence-electron chi connectivity index (χ3n) is 1.84. The van der Waals surface area contributed by atoms with E-state index in [-0.39, 0.29) is 12.6 Å². The zero-order chi connectivity index (χ0) is 9.40. The van der Waals surface area contributed by atoms with Crippen LogP contribution in [-0.2, 0) is 4.74 Å². The van der Waals surface area contributed by atoms with E-state index in [1.54, 1.807) is 0 Å². The van der Waals surface area contributed by atoms with Crippen LogP contribution in [0.1, 0.15) is 6.92 Å². The second kappa shape index (κ2) is 7.86. The molecule has 0 aliphatic rings. The van der Waals surface area contributed by atoms with Crippen LogP contribution >= 0.6 is 12.6 Å². The molecule has 1 N–H and O–H groups in total. The summed E-state index contributed by atoms with van der Waals surface area (Å²) < 4.78 is 5.25. The van der Waals surface area contributed by atoms with Crippen molar-refractivity contribution in [3.05, 3.63) is 0 Å². The van der Waals surface area contributed by atoms with Gasteiger partial charge in [0, 0.05) is 18.3 Å². The molecule has 0 saturated carbocycles. The van der Waals surface area contributed by atoms with Crippen molar-refractivity contribution < 1.29 is 9.84 Å². The zero-order valence-corrected chi connectivity index (χ0v) is 8.76. The molecule has 3 nitrogen and oxygen atoms in total. The first-order valence-electron chi connectivity index (χ1n) is 4.22. The number of likely N-dealkylation sites (N-methyl/N-ethyl adjacent to an activating group) is 1. The van der Waals surface area contributed by atoms with Crippen molar-refractivity contribution in [1.82, 2.24) is 4.90 Å². The van der Waals surface area contributed by atoms with E-state index in [2.05, 4.69) is 17.5 Å². The van der Waals surface area contributed by atoms with Crippen LogP contribution < -0.4 is 0 Å². The van der Waals surface area contributed by atoms with Gasteiger partial charge >= 0.3 is 0 Å². The van der Waals surface area contributed by atoms with Crippen LogP contribution in [0, 0.1) is 0 Å². The third kappa shape index (κ3) is 5.83. The van der Waals surface area contributed by atoms with Crippen LogP contribution in [0.5, 0.6) is 0 Å². The number of thiol groups is 1. The van der Waals surface area contributed by atoms with Crippen LogP contribution in [0.4, 0.5) is 0 Å². The number of hydrogen-bond acceptors (Lipinski definition) is 4. The van der Waals surface area contributed by atoms with E-state index in [1.165, 1.54) is 0 Å². The number of rotatable bonds is 7. The molecule has 0 spiro atoms. The molecule has 0 radical (unpaired) electrons. The van der Waals surface area contributed by atoms with Crippen molar-refractivity contribution in [3.8, 4) is 0 Å². The minimum atomic E-state index is 0.197. The maximum Gasteiger partial charge on any atom is 0.0593 e. The lowest BCUT2D eigenvalue weighted by atomic mass is 10.3. The number of nitrogens with zero attached hydrogens (tertiary/aromatic N) is 1. The molecule has 74 valence electrons. The second-order valence-electron chi connectivity index (χ2n) is 2.85. The molecule has 0 bridgehead atoms. The van der Waals surface area contributed by atoms with Crippen molar-refractivity contribution in [3.63, 3.8) is 0 Å². The Morgan fingerprint density at radius 1 is 1.50 bits per heavy atom. The molecule has 0 aliphatic carbocycles. The van der Waals surface area contributed by atoms with Gasteiger partial charge in [0.05, 0.1) is 19.8 Å². The fourth-order valence-corrected chi connectivity index (χ4v) is 0.864. The van der Waals surface area contributed by atoms with Gasteiger partial charge in [0.15, 0.2) is 0 Å². The molecule has 0 saturated heterocycles. The highest BCUT2D eigenvalue weighted by atomic mass is 32.1. The lowest BCUT2D eigenvalue weighted by molar-refractivity contribution is 0.0941. The fraction of sp³-hybridized carbons (Fsp3) is 1.00. The quantitative estimate of drug-likeness (QED) is 0.449. The van der Waals surface area contributed by atoms with Crippen molar-refractivity contribution in [2.75, 3.05) is 39.2 Å². The van der Waals surface area contributed by atoms with Crippen LogP contribution in [0.2, 0.25) is 0 Å². The van der Waals surface area contributed by atoms with Gasteiger partial charge in [0.25, 0.3) is 0 Å². The Morgan fingerprint density at radius 2 is 2.17 bits per heavy atom. The van der Waals surface area contributed by atoms with Crippen LogP contribution in [0.25, 0.3) is 0 Å². The van der Waals surface area contributed by atoms with Crippen LogP contribution in [-0.4, -0.2) is 55.2 Å². The van der Waals surface area contributed by atoms with Gasteiger partial charge in [-0.05, 0) is 14.0 Å². The molecule has 1 unspecified atom stereocenters. The molecular weight excluding hydrogens is 174 g/mol. The molecule has 0 aromatic carbocycles. The molecule has 0 rings (SSSR count). The van der Waals surface area contributed by atoms with Gasteiger partial charge in [-0.1, -0.05) is 0 Å². The van der Waals surface area contributed by atoms with E-state index < -0.39 is 0 Å². The molecule has 0 fully saturated rings. The highest BCUT2D eigenvalue weighted by Crippen LogP contribution is 1.93. The Morgan fingerprint density at radius 3 is 2.67 bits per heavy atom. The first-order valence-corrected chi connectivity index (χ1v) is 4.85. The molecule has 1 atom stereocenters. The summed E-state index contributed by atoms with van der Waals surface area (Å²) in [5, 5.41) is 8.81. The van der Waals surface area contributed by atoms with Crippen molar-refractivity contribution in [1.29, 1.82) is 0 Å². The van der Waals surface area contributed by atoms with E-state index in [0.29, 0.717) is 13.2 Å². The number of ether oxygens (including phenoxy) is 1. The molecule has 0 aromatic rings. The SMILES string of the molecule is CC(CO)N(C)CCOCCS. The van der Waals surface area contributed by atoms with Crippen molar-refractivity contribution in [2.45, 2.75) is 13.0 Å². The highest BCUT2D eigenvalue weighted by molar-refractivity contribution is 7.80. The fourth-order valence-electron chi connectivity index (χ4n) is 0.735. The number of aliphatic hydroxyl groups is 1. The molecule has 0 aromatic heterocycles. The van der Waals surface area contributed by atoms with Gasteiger partial charge in [-0.15, -0.1) is 0 Å². The maximum atomic E-state index is 8.81. The monoisotopic (exact) mass is 193 g/mol. The zero-order valence-electron chi connectivity index (χ0n) is 7.86. The largest absolute Gasteiger partial charge is 0.395 e. The average molecular weight is 193 g/mol. The van der Waals surface area contributed by atoms with E-state index >= 15 is 0 Å². The summed E-state index contributed by atoms with van der Waals surface area (Å²) in [5.74, 6) is 0.763. The normalized spacial score (nSPS) is 13.8. The summed E-state index contributed by atoms with van der Waals surface area (Å²) in [7, 11) is 1.98. The van der Waals surface area contributed by atoms with Gasteiger partial charge in [-0.25, -0.2) is 0 Å². The summed E-state index contributed by atoms with van der Waals surface area (Å²) >= 11 is 4.03. The Kier molecular flexibility index (Phi) is 8.01. The molecule has 12 heavy (non-hydrogen) atoms. The predicted octanol–water partition coefficient (Wildman–Crippen LogP) is 0.245. The summed E-state index contributed by atoms with van der Waals surface area (Å²) in [6.07, 6.45) is 0. The van der Waals surface area contributed by atoms with E-state index in [9.17, 15) is 0 Å². The van der Waals surface area contributed by atoms with Crippen LogP contribution in [0.15, 0.2) is 0 Å². The summed E-state index contributed by atoms with van der Waals surface area (Å²) in [5.41, 5.74) is 0. The Bertz CT molecular complexity index is 103. The summed E-state index contributed by atoms with van der Waals surface area (Å²) in [4.78, 5) is 2.07. The van der Waals surface area contributed by atoms with Gasteiger partial charge in [-0.3, -0.25) is 4.90 Å². The summed E-state index contributed by atoms with van der Waals surface area (Å²) in [6, 6.07) is 0.213. The first kappa shape index (κ1) is 12.2. The third-order valence-corrected chi connectivity index (χ3v) is 2.02. The minimum absolute atomic E-state index is 0.197. The van der Waals surface area contributed by atoms with Gasteiger partial charge in [0.1, 0.15) is 0 Å². The average Bonchev–Trinajstić information content (AvgIpc) is 2.10. The van der Waals surface area contributed by atoms with Gasteiger partial charge < -0.3 is 9.84 Å². The lowest BCUT2D eigenvalue weighted by Gasteiger charge is -2.22.